The molecule has 3 aromatic carbocycles. The van der Waals surface area contributed by atoms with E-state index in [4.69, 9.17) is 4.98 Å². The predicted molar refractivity (Wildman–Crippen MR) is 110 cm³/mol. The topological polar surface area (TPSA) is 34.9 Å². The minimum absolute atomic E-state index is 0.101. The van der Waals surface area contributed by atoms with Gasteiger partial charge in [0.1, 0.15) is 0 Å². The van der Waals surface area contributed by atoms with Crippen molar-refractivity contribution in [2.24, 2.45) is 0 Å². The minimum Gasteiger partial charge on any atom is -0.294 e. The first kappa shape index (κ1) is 17.3. The fourth-order valence-corrected chi connectivity index (χ4v) is 3.71. The zero-order chi connectivity index (χ0) is 18.5. The summed E-state index contributed by atoms with van der Waals surface area (Å²) in [7, 11) is 0. The van der Waals surface area contributed by atoms with Crippen molar-refractivity contribution in [3.05, 3.63) is 103 Å². The molecule has 132 valence electrons. The molecule has 0 aliphatic rings. The molecule has 0 radical (unpaired) electrons. The van der Waals surface area contributed by atoms with Crippen molar-refractivity contribution in [3.63, 3.8) is 0 Å². The molecule has 0 saturated carbocycles. The third kappa shape index (κ3) is 4.01. The molecule has 1 aromatic heterocycles. The molecule has 0 bridgehead atoms. The number of ketones is 1. The van der Waals surface area contributed by atoms with Gasteiger partial charge in [-0.05, 0) is 12.1 Å². The Balaban J connectivity index is 1.64. The van der Waals surface area contributed by atoms with E-state index in [1.165, 1.54) is 11.8 Å². The number of imidazole rings is 1. The number of carbonyl (C=O) groups is 1. The van der Waals surface area contributed by atoms with Crippen molar-refractivity contribution in [3.8, 4) is 16.9 Å². The van der Waals surface area contributed by atoms with Crippen LogP contribution in [-0.2, 0) is 0 Å². The van der Waals surface area contributed by atoms with Crippen LogP contribution in [0.25, 0.3) is 16.9 Å². The molecule has 27 heavy (non-hydrogen) atoms. The number of carbonyl (C=O) groups excluding carboxylic acids is 1. The van der Waals surface area contributed by atoms with Gasteiger partial charge in [0, 0.05) is 23.0 Å². The fourth-order valence-electron chi connectivity index (χ4n) is 2.82. The summed E-state index contributed by atoms with van der Waals surface area (Å²) in [5.74, 6) is 0.451. The van der Waals surface area contributed by atoms with Crippen LogP contribution in [0.5, 0.6) is 0 Å². The molecule has 4 heteroatoms. The van der Waals surface area contributed by atoms with Crippen LogP contribution in [0, 0.1) is 0 Å². The Morgan fingerprint density at radius 3 is 2.07 bits per heavy atom. The summed E-state index contributed by atoms with van der Waals surface area (Å²) in [5.41, 5.74) is 3.71. The summed E-state index contributed by atoms with van der Waals surface area (Å²) in [5, 5.41) is 0.810. The molecule has 4 aromatic rings. The van der Waals surface area contributed by atoms with Crippen molar-refractivity contribution in [2.45, 2.75) is 5.16 Å². The SMILES string of the molecule is O=C(CSc1nc(-c2ccccc2)cn1-c1ccccc1)c1ccccc1. The fraction of sp³-hybridized carbons (Fsp3) is 0.0435. The molecule has 0 aliphatic heterocycles. The van der Waals surface area contributed by atoms with Crippen LogP contribution >= 0.6 is 11.8 Å². The van der Waals surface area contributed by atoms with Gasteiger partial charge in [0.2, 0.25) is 0 Å². The quantitative estimate of drug-likeness (QED) is 0.331. The van der Waals surface area contributed by atoms with E-state index < -0.39 is 0 Å². The lowest BCUT2D eigenvalue weighted by Gasteiger charge is -2.06. The number of aromatic nitrogens is 2. The molecule has 0 saturated heterocycles. The van der Waals surface area contributed by atoms with Gasteiger partial charge >= 0.3 is 0 Å². The highest BCUT2D eigenvalue weighted by Gasteiger charge is 2.14. The van der Waals surface area contributed by atoms with E-state index in [9.17, 15) is 4.79 Å². The third-order valence-corrected chi connectivity index (χ3v) is 5.16. The average molecular weight is 370 g/mol. The van der Waals surface area contributed by atoms with Crippen molar-refractivity contribution < 1.29 is 4.79 Å². The van der Waals surface area contributed by atoms with Crippen LogP contribution in [-0.4, -0.2) is 21.1 Å². The van der Waals surface area contributed by atoms with E-state index >= 15 is 0 Å². The molecule has 0 fully saturated rings. The van der Waals surface area contributed by atoms with Crippen molar-refractivity contribution >= 4 is 17.5 Å². The normalized spacial score (nSPS) is 10.7. The zero-order valence-corrected chi connectivity index (χ0v) is 15.5. The molecule has 0 spiro atoms. The van der Waals surface area contributed by atoms with Gasteiger partial charge < -0.3 is 0 Å². The molecule has 1 heterocycles. The molecular formula is C23H18N2OS. The minimum atomic E-state index is 0.101. The molecule has 0 unspecified atom stereocenters. The Morgan fingerprint density at radius 2 is 1.41 bits per heavy atom. The van der Waals surface area contributed by atoms with E-state index in [0.717, 1.165) is 27.7 Å². The standard InChI is InChI=1S/C23H18N2OS/c26-22(19-12-6-2-7-13-19)17-27-23-24-21(18-10-4-1-5-11-18)16-25(23)20-14-8-3-9-15-20/h1-16H,17H2. The highest BCUT2D eigenvalue weighted by Crippen LogP contribution is 2.27. The van der Waals surface area contributed by atoms with Crippen LogP contribution in [0.4, 0.5) is 0 Å². The largest absolute Gasteiger partial charge is 0.294 e. The Hall–Kier alpha value is -3.11. The van der Waals surface area contributed by atoms with Gasteiger partial charge in [-0.1, -0.05) is 90.6 Å². The Bertz CT molecular complexity index is 1030. The van der Waals surface area contributed by atoms with E-state index in [1.807, 2.05) is 102 Å². The lowest BCUT2D eigenvalue weighted by atomic mass is 10.2. The van der Waals surface area contributed by atoms with E-state index in [-0.39, 0.29) is 5.78 Å². The average Bonchev–Trinajstić information content (AvgIpc) is 3.18. The monoisotopic (exact) mass is 370 g/mol. The van der Waals surface area contributed by atoms with Crippen molar-refractivity contribution in [2.75, 3.05) is 5.75 Å². The van der Waals surface area contributed by atoms with Crippen LogP contribution in [0.3, 0.4) is 0 Å². The highest BCUT2D eigenvalue weighted by atomic mass is 32.2. The smallest absolute Gasteiger partial charge is 0.173 e. The second kappa shape index (κ2) is 8.06. The van der Waals surface area contributed by atoms with Gasteiger partial charge in [0.05, 0.1) is 11.4 Å². The number of para-hydroxylation sites is 1. The maximum absolute atomic E-state index is 12.5. The second-order valence-electron chi connectivity index (χ2n) is 6.06. The lowest BCUT2D eigenvalue weighted by molar-refractivity contribution is 0.102. The van der Waals surface area contributed by atoms with Crippen LogP contribution in [0.1, 0.15) is 10.4 Å². The lowest BCUT2D eigenvalue weighted by Crippen LogP contribution is -2.03. The van der Waals surface area contributed by atoms with Crippen molar-refractivity contribution in [1.82, 2.24) is 9.55 Å². The Labute approximate surface area is 162 Å². The maximum Gasteiger partial charge on any atom is 0.173 e. The number of hydrogen-bond acceptors (Lipinski definition) is 3. The summed E-state index contributed by atoms with van der Waals surface area (Å²) >= 11 is 1.46. The molecule has 0 N–H and O–H groups in total. The van der Waals surface area contributed by atoms with Crippen LogP contribution in [0.15, 0.2) is 102 Å². The number of hydrogen-bond donors (Lipinski definition) is 0. The van der Waals surface area contributed by atoms with Gasteiger partial charge in [-0.2, -0.15) is 0 Å². The third-order valence-electron chi connectivity index (χ3n) is 4.21. The van der Waals surface area contributed by atoms with Gasteiger partial charge in [0.15, 0.2) is 10.9 Å². The molecule has 0 atom stereocenters. The zero-order valence-electron chi connectivity index (χ0n) is 14.7. The molecular weight excluding hydrogens is 352 g/mol. The van der Waals surface area contributed by atoms with Gasteiger partial charge in [0.25, 0.3) is 0 Å². The number of Topliss-reactive ketones (excluding diaryl/α,β-unsaturated/α-hetero) is 1. The van der Waals surface area contributed by atoms with Crippen LogP contribution in [0.2, 0.25) is 0 Å². The van der Waals surface area contributed by atoms with Crippen molar-refractivity contribution in [1.29, 1.82) is 0 Å². The highest BCUT2D eigenvalue weighted by molar-refractivity contribution is 7.99. The number of thioether (sulfide) groups is 1. The van der Waals surface area contributed by atoms with E-state index in [0.29, 0.717) is 5.75 Å². The van der Waals surface area contributed by atoms with Gasteiger partial charge in [-0.15, -0.1) is 0 Å². The van der Waals surface area contributed by atoms with E-state index in [1.54, 1.807) is 0 Å². The number of rotatable bonds is 6. The first-order chi connectivity index (χ1) is 13.3. The number of benzene rings is 3. The van der Waals surface area contributed by atoms with Gasteiger partial charge in [-0.25, -0.2) is 4.98 Å². The Kier molecular flexibility index (Phi) is 5.17. The molecule has 0 amide bonds. The Morgan fingerprint density at radius 1 is 0.815 bits per heavy atom. The summed E-state index contributed by atoms with van der Waals surface area (Å²) < 4.78 is 2.05. The predicted octanol–water partition coefficient (Wildman–Crippen LogP) is 5.51. The summed E-state index contributed by atoms with van der Waals surface area (Å²) in [6, 6.07) is 29.5. The number of nitrogens with zero attached hydrogens (tertiary/aromatic N) is 2. The first-order valence-corrected chi connectivity index (χ1v) is 9.71. The summed E-state index contributed by atoms with van der Waals surface area (Å²) in [6.45, 7) is 0. The van der Waals surface area contributed by atoms with E-state index in [2.05, 4.69) is 0 Å². The van der Waals surface area contributed by atoms with Crippen LogP contribution < -0.4 is 0 Å². The second-order valence-corrected chi connectivity index (χ2v) is 7.00. The molecule has 3 nitrogen and oxygen atoms in total. The summed E-state index contributed by atoms with van der Waals surface area (Å²) in [4.78, 5) is 17.3. The van der Waals surface area contributed by atoms with Gasteiger partial charge in [-0.3, -0.25) is 9.36 Å². The molecule has 0 aliphatic carbocycles. The maximum atomic E-state index is 12.5. The first-order valence-electron chi connectivity index (χ1n) is 8.72. The summed E-state index contributed by atoms with van der Waals surface area (Å²) in [6.07, 6.45) is 2.03. The molecule has 4 rings (SSSR count).